The first-order valence-corrected chi connectivity index (χ1v) is 32.5. The standard InChI is InChI=1S/C57H56N12O13S6/c1-25(2)31-16-37(70)43-26(3)87-54(67-43)33(17-40(71)58-4)61-48(76)35-22-83-50(63-35)30-13-14-32(52-65-39(24-86-52)69(19-42(73)74)57(80)82-29-12-11-28(15-29)56(78)79)60-44(30)34-21-84-53(62-34)36-23-85-55(64-36)46(47(75)27-9-7-6-8-10-27)66-41(72)18-59-49(77)45-38(20-81-5)88-51(31)68-45/h6-10,13-14,21-25,28-29,31,33,46-47,75H,11-12,15-20H2,1-5H3,(H,58,71)(H,59,77)(H,61,76)(H,66,72)(H,73,74)(H,78,79)/t28-,29-,31?,33-,46-,47-/m0/s1. The van der Waals surface area contributed by atoms with Gasteiger partial charge < -0.3 is 46.1 Å². The molecule has 7 N–H and O–H groups in total. The molecule has 8 heterocycles. The normalized spacial score (nSPS) is 18.6. The minimum absolute atomic E-state index is 0.00968. The molecule has 0 spiro atoms. The number of Topliss-reactive ketones (excluding diaryl/α,β-unsaturated/α-hetero) is 1. The lowest BCUT2D eigenvalue weighted by Gasteiger charge is -2.23. The molecule has 8 aromatic rings. The number of ether oxygens (including phenoxy) is 2. The molecule has 1 aromatic carbocycles. The van der Waals surface area contributed by atoms with E-state index in [9.17, 15) is 53.7 Å². The molecule has 1 aliphatic carbocycles. The van der Waals surface area contributed by atoms with Crippen molar-refractivity contribution in [3.8, 4) is 43.4 Å². The third-order valence-electron chi connectivity index (χ3n) is 14.4. The predicted octanol–water partition coefficient (Wildman–Crippen LogP) is 8.48. The van der Waals surface area contributed by atoms with Crippen molar-refractivity contribution in [2.24, 2.45) is 11.8 Å². The van der Waals surface area contributed by atoms with Crippen LogP contribution in [0.4, 0.5) is 10.6 Å². The number of pyridine rings is 1. The van der Waals surface area contributed by atoms with E-state index < -0.39 is 90.9 Å². The topological polar surface area (TPSA) is 357 Å². The summed E-state index contributed by atoms with van der Waals surface area (Å²) in [5.41, 5.74) is 2.26. The number of hydrogen-bond donors (Lipinski definition) is 7. The first-order valence-electron chi connectivity index (χ1n) is 27.3. The van der Waals surface area contributed by atoms with Gasteiger partial charge in [0, 0.05) is 58.5 Å². The number of carboxylic acids is 2. The van der Waals surface area contributed by atoms with Crippen LogP contribution in [0.2, 0.25) is 0 Å². The minimum atomic E-state index is -1.35. The number of aliphatic hydroxyl groups is 1. The zero-order valence-corrected chi connectivity index (χ0v) is 52.4. The number of carbonyl (C=O) groups excluding carboxylic acids is 6. The Morgan fingerprint density at radius 2 is 1.47 bits per heavy atom. The van der Waals surface area contributed by atoms with E-state index in [1.807, 2.05) is 13.8 Å². The Bertz CT molecular complexity index is 3950. The fraction of sp³-hybridized carbons (Fsp3) is 0.351. The molecule has 1 unspecified atom stereocenters. The smallest absolute Gasteiger partial charge is 0.416 e. The third kappa shape index (κ3) is 14.2. The van der Waals surface area contributed by atoms with Crippen molar-refractivity contribution in [3.63, 3.8) is 0 Å². The molecule has 10 rings (SSSR count). The van der Waals surface area contributed by atoms with Gasteiger partial charge in [-0.25, -0.2) is 44.6 Å². The maximum Gasteiger partial charge on any atom is 0.416 e. The van der Waals surface area contributed by atoms with Gasteiger partial charge in [0.1, 0.15) is 89.8 Å². The molecule has 6 atom stereocenters. The van der Waals surface area contributed by atoms with Gasteiger partial charge in [-0.2, -0.15) is 0 Å². The molecule has 10 bridgehead atoms. The highest BCUT2D eigenvalue weighted by molar-refractivity contribution is 7.15. The third-order valence-corrected chi connectivity index (χ3v) is 20.1. The molecular formula is C57H56N12O13S6. The largest absolute Gasteiger partial charge is 0.481 e. The van der Waals surface area contributed by atoms with Crippen LogP contribution in [0, 0.1) is 18.8 Å². The van der Waals surface area contributed by atoms with Gasteiger partial charge >= 0.3 is 18.0 Å². The summed E-state index contributed by atoms with van der Waals surface area (Å²) >= 11 is 6.91. The number of nitrogens with one attached hydrogen (secondary N) is 4. The Morgan fingerprint density at radius 3 is 2.19 bits per heavy atom. The molecule has 1 fully saturated rings. The zero-order chi connectivity index (χ0) is 62.5. The van der Waals surface area contributed by atoms with Crippen LogP contribution in [-0.4, -0.2) is 131 Å². The highest BCUT2D eigenvalue weighted by Gasteiger charge is 2.36. The number of aromatic nitrogens is 7. The van der Waals surface area contributed by atoms with Crippen LogP contribution < -0.4 is 26.2 Å². The number of amides is 5. The number of methoxy groups -OCH3 is 1. The average molecular weight is 1310 g/mol. The predicted molar refractivity (Wildman–Crippen MR) is 329 cm³/mol. The highest BCUT2D eigenvalue weighted by atomic mass is 32.1. The molecule has 88 heavy (non-hydrogen) atoms. The molecule has 7 aromatic heterocycles. The summed E-state index contributed by atoms with van der Waals surface area (Å²) in [5, 5.41) is 50.9. The van der Waals surface area contributed by atoms with E-state index in [2.05, 4.69) is 26.3 Å². The minimum Gasteiger partial charge on any atom is -0.481 e. The number of anilines is 1. The number of nitrogens with zero attached hydrogens (tertiary/aromatic N) is 8. The van der Waals surface area contributed by atoms with E-state index in [0.29, 0.717) is 63.7 Å². The van der Waals surface area contributed by atoms with Gasteiger partial charge in [0.15, 0.2) is 5.78 Å². The van der Waals surface area contributed by atoms with Crippen LogP contribution in [0.1, 0.15) is 132 Å². The number of thiazole rings is 6. The quantitative estimate of drug-likeness (QED) is 0.0568. The summed E-state index contributed by atoms with van der Waals surface area (Å²) in [6.45, 7) is 4.25. The first-order chi connectivity index (χ1) is 42.2. The van der Waals surface area contributed by atoms with Crippen molar-refractivity contribution in [1.82, 2.24) is 56.2 Å². The maximum atomic E-state index is 14.4. The lowest BCUT2D eigenvalue weighted by molar-refractivity contribution is -0.141. The Hall–Kier alpha value is -8.17. The number of ketones is 1. The van der Waals surface area contributed by atoms with Crippen molar-refractivity contribution in [3.05, 3.63) is 111 Å². The second kappa shape index (κ2) is 27.5. The molecule has 2 aliphatic rings. The van der Waals surface area contributed by atoms with Gasteiger partial charge in [0.05, 0.1) is 47.1 Å². The molecule has 25 nitrogen and oxygen atoms in total. The zero-order valence-electron chi connectivity index (χ0n) is 47.5. The van der Waals surface area contributed by atoms with Crippen LogP contribution in [-0.2, 0) is 35.3 Å². The number of aliphatic carboxylic acids is 2. The van der Waals surface area contributed by atoms with Crippen molar-refractivity contribution >= 4 is 121 Å². The maximum absolute atomic E-state index is 14.4. The summed E-state index contributed by atoms with van der Waals surface area (Å²) in [4.78, 5) is 143. The molecule has 1 saturated carbocycles. The SMILES string of the molecule is CNC(=O)C[C@@H]1NC(=O)c2csc(n2)-c2ccc(-c3nc(N(CC(=O)O)C(=O)O[C@H]4CC[C@H](C(=O)O)C4)cs3)nc2-c2csc(n2)-c2csc(n2)[C@H]([C@@H](O)c2ccccc2)NC(=O)CNC(=O)c2nc(sc2COC)C(C(C)C)CC(=O)c2nc1sc2C. The Kier molecular flexibility index (Phi) is 19.6. The number of carbonyl (C=O) groups is 8. The number of aryl methyl sites for hydroxylation is 1. The summed E-state index contributed by atoms with van der Waals surface area (Å²) < 4.78 is 11.1. The van der Waals surface area contributed by atoms with Crippen molar-refractivity contribution in [2.45, 2.75) is 89.7 Å². The van der Waals surface area contributed by atoms with Crippen LogP contribution in [0.3, 0.4) is 0 Å². The lowest BCUT2D eigenvalue weighted by Crippen LogP contribution is -2.40. The Morgan fingerprint density at radius 1 is 0.750 bits per heavy atom. The number of carboxylic acid groups (broad SMARTS) is 2. The Labute approximate surface area is 525 Å². The van der Waals surface area contributed by atoms with Gasteiger partial charge in [0.2, 0.25) is 11.8 Å². The monoisotopic (exact) mass is 1310 g/mol. The van der Waals surface area contributed by atoms with Gasteiger partial charge in [0.25, 0.3) is 11.8 Å². The fourth-order valence-corrected chi connectivity index (χ4v) is 15.4. The van der Waals surface area contributed by atoms with Crippen LogP contribution in [0.25, 0.3) is 43.4 Å². The molecule has 0 radical (unpaired) electrons. The van der Waals surface area contributed by atoms with E-state index in [1.54, 1.807) is 60.1 Å². The summed E-state index contributed by atoms with van der Waals surface area (Å²) in [6.07, 6.45) is -2.70. The van der Waals surface area contributed by atoms with E-state index >= 15 is 0 Å². The second-order valence-electron chi connectivity index (χ2n) is 20.8. The lowest BCUT2D eigenvalue weighted by atomic mass is 9.90. The van der Waals surface area contributed by atoms with Gasteiger partial charge in [-0.05, 0) is 49.8 Å². The average Bonchev–Trinajstić information content (AvgIpc) is 2.64. The van der Waals surface area contributed by atoms with Crippen molar-refractivity contribution in [2.75, 3.05) is 32.1 Å². The van der Waals surface area contributed by atoms with Crippen LogP contribution >= 0.6 is 68.0 Å². The van der Waals surface area contributed by atoms with Crippen molar-refractivity contribution < 1.29 is 63.1 Å². The van der Waals surface area contributed by atoms with E-state index in [-0.39, 0.29) is 83.3 Å². The molecule has 31 heteroatoms. The molecule has 0 saturated heterocycles. The summed E-state index contributed by atoms with van der Waals surface area (Å²) in [5.74, 6) is -6.51. The van der Waals surface area contributed by atoms with E-state index in [1.165, 1.54) is 47.6 Å². The van der Waals surface area contributed by atoms with Gasteiger partial charge in [-0.1, -0.05) is 44.2 Å². The highest BCUT2D eigenvalue weighted by Crippen LogP contribution is 2.41. The molecule has 1 aliphatic heterocycles. The van der Waals surface area contributed by atoms with Crippen LogP contribution in [0.5, 0.6) is 0 Å². The molecular weight excluding hydrogens is 1250 g/mol. The second-order valence-corrected chi connectivity index (χ2v) is 26.6. The van der Waals surface area contributed by atoms with E-state index in [0.717, 1.165) is 50.2 Å². The first kappa shape index (κ1) is 62.9. The molecule has 5 amide bonds. The number of hydrogen-bond acceptors (Lipinski definition) is 24. The molecule has 458 valence electrons. The van der Waals surface area contributed by atoms with Gasteiger partial charge in [-0.3, -0.25) is 33.6 Å². The summed E-state index contributed by atoms with van der Waals surface area (Å²) in [6, 6.07) is 9.88. The number of benzene rings is 1. The summed E-state index contributed by atoms with van der Waals surface area (Å²) in [7, 11) is 2.93. The Balaban J connectivity index is 1.04. The fourth-order valence-electron chi connectivity index (χ4n) is 9.81. The number of rotatable bonds is 13. The van der Waals surface area contributed by atoms with Gasteiger partial charge in [-0.15, -0.1) is 68.0 Å². The van der Waals surface area contributed by atoms with Crippen LogP contribution in [0.15, 0.2) is 64.0 Å². The van der Waals surface area contributed by atoms with E-state index in [4.69, 9.17) is 39.4 Å². The van der Waals surface area contributed by atoms with Crippen molar-refractivity contribution in [1.29, 1.82) is 0 Å². The number of aliphatic hydroxyl groups excluding tert-OH is 1. The number of fused-ring (bicyclic) bond motifs is 14.